The summed E-state index contributed by atoms with van der Waals surface area (Å²) in [7, 11) is 0. The Bertz CT molecular complexity index is 979. The summed E-state index contributed by atoms with van der Waals surface area (Å²) in [6, 6.07) is 10.9. The normalized spacial score (nSPS) is 14.2. The van der Waals surface area contributed by atoms with Crippen molar-refractivity contribution in [2.75, 3.05) is 26.2 Å². The van der Waals surface area contributed by atoms with Gasteiger partial charge in [0.25, 0.3) is 11.8 Å². The van der Waals surface area contributed by atoms with Gasteiger partial charge >= 0.3 is 0 Å². The standard InChI is InChI=1S/C20H18FN5O2/c21-16-5-3-14(4-6-16)19(27)25-8-10-26(11-9-25)20(28)18-12-17(23-24-18)15-2-1-7-22-13-15/h1-7,12-13H,8-11H2,(H,23,24). The Balaban J connectivity index is 1.38. The fourth-order valence-electron chi connectivity index (χ4n) is 3.15. The van der Waals surface area contributed by atoms with E-state index in [0.717, 1.165) is 5.56 Å². The van der Waals surface area contributed by atoms with Gasteiger partial charge < -0.3 is 9.80 Å². The molecule has 1 aliphatic rings. The predicted molar refractivity (Wildman–Crippen MR) is 100 cm³/mol. The Morgan fingerprint density at radius 1 is 0.964 bits per heavy atom. The van der Waals surface area contributed by atoms with Crippen LogP contribution in [0.3, 0.4) is 0 Å². The Labute approximate surface area is 160 Å². The second kappa shape index (κ2) is 7.59. The number of carbonyl (C=O) groups excluding carboxylic acids is 2. The van der Waals surface area contributed by atoms with Gasteiger partial charge in [-0.25, -0.2) is 4.39 Å². The minimum atomic E-state index is -0.378. The van der Waals surface area contributed by atoms with Crippen molar-refractivity contribution in [3.8, 4) is 11.3 Å². The quantitative estimate of drug-likeness (QED) is 0.756. The average molecular weight is 379 g/mol. The molecule has 2 aromatic heterocycles. The van der Waals surface area contributed by atoms with Crippen molar-refractivity contribution < 1.29 is 14.0 Å². The molecule has 1 aromatic carbocycles. The number of rotatable bonds is 3. The van der Waals surface area contributed by atoms with Crippen molar-refractivity contribution >= 4 is 11.8 Å². The van der Waals surface area contributed by atoms with Crippen molar-refractivity contribution in [1.82, 2.24) is 25.0 Å². The van der Waals surface area contributed by atoms with E-state index in [0.29, 0.717) is 43.1 Å². The molecule has 3 aromatic rings. The molecular formula is C20H18FN5O2. The zero-order valence-electron chi connectivity index (χ0n) is 15.0. The van der Waals surface area contributed by atoms with Crippen LogP contribution in [0.4, 0.5) is 4.39 Å². The summed E-state index contributed by atoms with van der Waals surface area (Å²) < 4.78 is 13.0. The molecule has 3 heterocycles. The van der Waals surface area contributed by atoms with E-state index in [1.807, 2.05) is 12.1 Å². The number of piperazine rings is 1. The highest BCUT2D eigenvalue weighted by atomic mass is 19.1. The maximum absolute atomic E-state index is 13.0. The number of hydrogen-bond donors (Lipinski definition) is 1. The maximum Gasteiger partial charge on any atom is 0.272 e. The summed E-state index contributed by atoms with van der Waals surface area (Å²) in [6.45, 7) is 1.69. The zero-order valence-corrected chi connectivity index (χ0v) is 15.0. The van der Waals surface area contributed by atoms with Gasteiger partial charge in [-0.2, -0.15) is 5.10 Å². The number of nitrogens with one attached hydrogen (secondary N) is 1. The van der Waals surface area contributed by atoms with E-state index in [4.69, 9.17) is 0 Å². The number of halogens is 1. The Morgan fingerprint density at radius 3 is 2.29 bits per heavy atom. The summed E-state index contributed by atoms with van der Waals surface area (Å²) in [5.41, 5.74) is 2.32. The molecule has 0 unspecified atom stereocenters. The zero-order chi connectivity index (χ0) is 19.5. The predicted octanol–water partition coefficient (Wildman–Crippen LogP) is 2.21. The highest BCUT2D eigenvalue weighted by Gasteiger charge is 2.26. The molecule has 0 spiro atoms. The van der Waals surface area contributed by atoms with E-state index in [9.17, 15) is 14.0 Å². The first-order valence-corrected chi connectivity index (χ1v) is 8.92. The topological polar surface area (TPSA) is 82.2 Å². The van der Waals surface area contributed by atoms with Crippen LogP contribution in [-0.2, 0) is 0 Å². The van der Waals surface area contributed by atoms with Gasteiger partial charge in [0.15, 0.2) is 0 Å². The van der Waals surface area contributed by atoms with Gasteiger partial charge in [-0.3, -0.25) is 19.7 Å². The van der Waals surface area contributed by atoms with Crippen molar-refractivity contribution in [2.45, 2.75) is 0 Å². The maximum atomic E-state index is 13.0. The molecule has 0 aliphatic carbocycles. The van der Waals surface area contributed by atoms with Crippen LogP contribution in [0.15, 0.2) is 54.9 Å². The van der Waals surface area contributed by atoms with Crippen molar-refractivity contribution in [1.29, 1.82) is 0 Å². The van der Waals surface area contributed by atoms with E-state index in [2.05, 4.69) is 15.2 Å². The van der Waals surface area contributed by atoms with Crippen molar-refractivity contribution in [3.63, 3.8) is 0 Å². The highest BCUT2D eigenvalue weighted by Crippen LogP contribution is 2.18. The summed E-state index contributed by atoms with van der Waals surface area (Å²) >= 11 is 0. The minimum absolute atomic E-state index is 0.156. The monoisotopic (exact) mass is 379 g/mol. The molecule has 0 radical (unpaired) electrons. The Kier molecular flexibility index (Phi) is 4.84. The lowest BCUT2D eigenvalue weighted by molar-refractivity contribution is 0.0532. The molecule has 1 fully saturated rings. The third-order valence-corrected chi connectivity index (χ3v) is 4.71. The molecule has 1 aliphatic heterocycles. The van der Waals surface area contributed by atoms with Crippen LogP contribution in [0.25, 0.3) is 11.3 Å². The van der Waals surface area contributed by atoms with Crippen LogP contribution < -0.4 is 0 Å². The molecule has 1 saturated heterocycles. The summed E-state index contributed by atoms with van der Waals surface area (Å²) in [5, 5.41) is 6.97. The first-order chi connectivity index (χ1) is 13.6. The summed E-state index contributed by atoms with van der Waals surface area (Å²) in [4.78, 5) is 32.6. The highest BCUT2D eigenvalue weighted by molar-refractivity contribution is 5.95. The molecule has 2 amide bonds. The lowest BCUT2D eigenvalue weighted by Crippen LogP contribution is -2.50. The first kappa shape index (κ1) is 17.8. The number of aromatic nitrogens is 3. The van der Waals surface area contributed by atoms with Crippen LogP contribution in [0, 0.1) is 5.82 Å². The van der Waals surface area contributed by atoms with Gasteiger partial charge in [0.2, 0.25) is 0 Å². The molecule has 0 atom stereocenters. The molecule has 0 saturated carbocycles. The molecule has 142 valence electrons. The number of H-pyrrole nitrogens is 1. The van der Waals surface area contributed by atoms with E-state index < -0.39 is 0 Å². The number of carbonyl (C=O) groups is 2. The fourth-order valence-corrected chi connectivity index (χ4v) is 3.15. The number of benzene rings is 1. The number of aromatic amines is 1. The van der Waals surface area contributed by atoms with Crippen LogP contribution in [0.2, 0.25) is 0 Å². The van der Waals surface area contributed by atoms with Gasteiger partial charge in [0.1, 0.15) is 11.5 Å². The average Bonchev–Trinajstić information content (AvgIpc) is 3.24. The number of pyridine rings is 1. The first-order valence-electron chi connectivity index (χ1n) is 8.92. The largest absolute Gasteiger partial charge is 0.335 e. The molecule has 4 rings (SSSR count). The van der Waals surface area contributed by atoms with Gasteiger partial charge in [-0.15, -0.1) is 0 Å². The van der Waals surface area contributed by atoms with E-state index >= 15 is 0 Å². The van der Waals surface area contributed by atoms with Gasteiger partial charge in [-0.05, 0) is 42.5 Å². The Hall–Kier alpha value is -3.55. The van der Waals surface area contributed by atoms with Crippen LogP contribution >= 0.6 is 0 Å². The van der Waals surface area contributed by atoms with Gasteiger partial charge in [0, 0.05) is 49.7 Å². The van der Waals surface area contributed by atoms with Gasteiger partial charge in [0.05, 0.1) is 5.69 Å². The molecule has 1 N–H and O–H groups in total. The number of hydrogen-bond acceptors (Lipinski definition) is 4. The molecule has 8 heteroatoms. The van der Waals surface area contributed by atoms with Crippen molar-refractivity contribution in [2.24, 2.45) is 0 Å². The number of nitrogens with zero attached hydrogens (tertiary/aromatic N) is 4. The summed E-state index contributed by atoms with van der Waals surface area (Å²) in [5.74, 6) is -0.693. The molecular weight excluding hydrogens is 361 g/mol. The Morgan fingerprint density at radius 2 is 1.64 bits per heavy atom. The fraction of sp³-hybridized carbons (Fsp3) is 0.200. The minimum Gasteiger partial charge on any atom is -0.335 e. The molecule has 0 bridgehead atoms. The smallest absolute Gasteiger partial charge is 0.272 e. The third-order valence-electron chi connectivity index (χ3n) is 4.71. The molecule has 7 nitrogen and oxygen atoms in total. The number of amides is 2. The van der Waals surface area contributed by atoms with E-state index in [-0.39, 0.29) is 17.6 Å². The van der Waals surface area contributed by atoms with E-state index in [1.165, 1.54) is 24.3 Å². The second-order valence-electron chi connectivity index (χ2n) is 6.50. The second-order valence-corrected chi connectivity index (χ2v) is 6.50. The van der Waals surface area contributed by atoms with E-state index in [1.54, 1.807) is 28.3 Å². The lowest BCUT2D eigenvalue weighted by Gasteiger charge is -2.34. The van der Waals surface area contributed by atoms with Crippen molar-refractivity contribution in [3.05, 3.63) is 71.9 Å². The SMILES string of the molecule is O=C(c1ccc(F)cc1)N1CCN(C(=O)c2cc(-c3cccnc3)n[nH]2)CC1. The summed E-state index contributed by atoms with van der Waals surface area (Å²) in [6.07, 6.45) is 3.36. The third kappa shape index (κ3) is 3.62. The lowest BCUT2D eigenvalue weighted by atomic mass is 10.1. The van der Waals surface area contributed by atoms with Crippen LogP contribution in [0.1, 0.15) is 20.8 Å². The van der Waals surface area contributed by atoms with Gasteiger partial charge in [-0.1, -0.05) is 0 Å². The molecule has 28 heavy (non-hydrogen) atoms. The van der Waals surface area contributed by atoms with Crippen LogP contribution in [-0.4, -0.2) is 63.0 Å². The van der Waals surface area contributed by atoms with Crippen LogP contribution in [0.5, 0.6) is 0 Å².